The minimum atomic E-state index is -0.362. The fourth-order valence-electron chi connectivity index (χ4n) is 2.93. The van der Waals surface area contributed by atoms with E-state index in [0.717, 1.165) is 17.0 Å². The molecule has 0 fully saturated rings. The third-order valence-corrected chi connectivity index (χ3v) is 3.88. The highest BCUT2D eigenvalue weighted by Crippen LogP contribution is 2.36. The van der Waals surface area contributed by atoms with Crippen LogP contribution in [0.5, 0.6) is 0 Å². The highest BCUT2D eigenvalue weighted by atomic mass is 16.2. The quantitative estimate of drug-likeness (QED) is 0.691. The molecule has 1 atom stereocenters. The highest BCUT2D eigenvalue weighted by molar-refractivity contribution is 5.94. The van der Waals surface area contributed by atoms with E-state index in [0.29, 0.717) is 5.56 Å². The number of nitrogen functional groups attached to an aromatic ring is 1. The van der Waals surface area contributed by atoms with E-state index in [4.69, 9.17) is 5.73 Å². The van der Waals surface area contributed by atoms with Crippen molar-refractivity contribution in [3.8, 4) is 0 Å². The number of hydrogen-bond donors (Lipinski definition) is 3. The van der Waals surface area contributed by atoms with Gasteiger partial charge in [0.2, 0.25) is 11.9 Å². The maximum Gasteiger partial charge on any atom is 0.258 e. The lowest BCUT2D eigenvalue weighted by molar-refractivity contribution is -0.116. The molecule has 0 saturated heterocycles. The number of aromatic nitrogens is 4. The molecule has 0 radical (unpaired) electrons. The summed E-state index contributed by atoms with van der Waals surface area (Å²) in [5.41, 5.74) is 8.27. The van der Waals surface area contributed by atoms with E-state index in [2.05, 4.69) is 20.4 Å². The number of nitrogens with one attached hydrogen (secondary N) is 2. The van der Waals surface area contributed by atoms with Gasteiger partial charge in [0.25, 0.3) is 5.56 Å². The maximum atomic E-state index is 12.3. The minimum Gasteiger partial charge on any atom is -0.369 e. The summed E-state index contributed by atoms with van der Waals surface area (Å²) in [6.45, 7) is 3.79. The van der Waals surface area contributed by atoms with Crippen LogP contribution < -0.4 is 16.6 Å². The molecule has 3 rings (SSSR count). The van der Waals surface area contributed by atoms with Crippen molar-refractivity contribution in [3.05, 3.63) is 32.9 Å². The van der Waals surface area contributed by atoms with Crippen molar-refractivity contribution in [2.75, 3.05) is 11.1 Å². The van der Waals surface area contributed by atoms with Gasteiger partial charge in [-0.3, -0.25) is 19.3 Å². The molecule has 0 saturated carbocycles. The molecule has 0 aromatic carbocycles. The molecule has 1 amide bonds. The van der Waals surface area contributed by atoms with Crippen molar-refractivity contribution < 1.29 is 4.79 Å². The van der Waals surface area contributed by atoms with Gasteiger partial charge in [0.1, 0.15) is 5.82 Å². The van der Waals surface area contributed by atoms with E-state index in [1.807, 2.05) is 20.9 Å². The van der Waals surface area contributed by atoms with Crippen LogP contribution >= 0.6 is 0 Å². The summed E-state index contributed by atoms with van der Waals surface area (Å²) in [7, 11) is 1.83. The first-order valence-electron chi connectivity index (χ1n) is 6.58. The zero-order chi connectivity index (χ0) is 15.3. The van der Waals surface area contributed by atoms with E-state index < -0.39 is 0 Å². The zero-order valence-electron chi connectivity index (χ0n) is 12.0. The average molecular weight is 288 g/mol. The lowest BCUT2D eigenvalue weighted by atomic mass is 9.85. The van der Waals surface area contributed by atoms with Crippen LogP contribution in [0.4, 0.5) is 11.8 Å². The van der Waals surface area contributed by atoms with E-state index in [-0.39, 0.29) is 35.6 Å². The first-order chi connectivity index (χ1) is 9.88. The molecule has 3 heterocycles. The van der Waals surface area contributed by atoms with Crippen molar-refractivity contribution in [2.24, 2.45) is 7.05 Å². The van der Waals surface area contributed by atoms with Crippen molar-refractivity contribution >= 4 is 17.7 Å². The lowest BCUT2D eigenvalue weighted by Crippen LogP contribution is -2.32. The molecule has 2 aromatic rings. The number of nitrogens with two attached hydrogens (primary N) is 1. The summed E-state index contributed by atoms with van der Waals surface area (Å²) in [5.74, 6) is -0.327. The second kappa shape index (κ2) is 4.44. The molecule has 0 aliphatic carbocycles. The Labute approximate surface area is 120 Å². The van der Waals surface area contributed by atoms with Gasteiger partial charge in [-0.15, -0.1) is 0 Å². The van der Waals surface area contributed by atoms with Crippen LogP contribution in [-0.4, -0.2) is 25.7 Å². The van der Waals surface area contributed by atoms with E-state index in [1.54, 1.807) is 4.68 Å². The molecule has 0 bridgehead atoms. The summed E-state index contributed by atoms with van der Waals surface area (Å²) in [6.07, 6.45) is 0.190. The van der Waals surface area contributed by atoms with Crippen LogP contribution in [0.25, 0.3) is 0 Å². The Kier molecular flexibility index (Phi) is 2.82. The predicted molar refractivity (Wildman–Crippen MR) is 77.0 cm³/mol. The fraction of sp³-hybridized carbons (Fsp3) is 0.385. The Balaban J connectivity index is 2.27. The number of carbonyl (C=O) groups excluding carboxylic acids is 1. The van der Waals surface area contributed by atoms with Crippen LogP contribution in [0.2, 0.25) is 0 Å². The fourth-order valence-corrected chi connectivity index (χ4v) is 2.93. The molecule has 8 nitrogen and oxygen atoms in total. The molecular weight excluding hydrogens is 272 g/mol. The number of amides is 1. The summed E-state index contributed by atoms with van der Waals surface area (Å²) in [4.78, 5) is 30.7. The van der Waals surface area contributed by atoms with E-state index in [9.17, 15) is 9.59 Å². The summed E-state index contributed by atoms with van der Waals surface area (Å²) >= 11 is 0. The van der Waals surface area contributed by atoms with Crippen LogP contribution in [0.1, 0.15) is 34.9 Å². The number of fused-ring (bicyclic) bond motifs is 1. The van der Waals surface area contributed by atoms with Crippen LogP contribution in [0.3, 0.4) is 0 Å². The summed E-state index contributed by atoms with van der Waals surface area (Å²) < 4.78 is 1.75. The largest absolute Gasteiger partial charge is 0.369 e. The minimum absolute atomic E-state index is 0.0145. The molecule has 4 N–H and O–H groups in total. The number of hydrogen-bond acceptors (Lipinski definition) is 5. The van der Waals surface area contributed by atoms with Gasteiger partial charge in [-0.05, 0) is 13.8 Å². The van der Waals surface area contributed by atoms with Crippen molar-refractivity contribution in [2.45, 2.75) is 26.2 Å². The maximum absolute atomic E-state index is 12.3. The molecular formula is C13H16N6O2. The van der Waals surface area contributed by atoms with Crippen LogP contribution in [-0.2, 0) is 11.8 Å². The normalized spacial score (nSPS) is 17.5. The number of nitrogens with zero attached hydrogens (tertiary/aromatic N) is 3. The van der Waals surface area contributed by atoms with Gasteiger partial charge in [0, 0.05) is 30.6 Å². The smallest absolute Gasteiger partial charge is 0.258 e. The Morgan fingerprint density at radius 3 is 2.62 bits per heavy atom. The number of aryl methyl sites for hydroxylation is 2. The molecule has 8 heteroatoms. The molecule has 0 spiro atoms. The van der Waals surface area contributed by atoms with Crippen LogP contribution in [0.15, 0.2) is 4.79 Å². The number of rotatable bonds is 1. The molecule has 1 aliphatic heterocycles. The molecule has 110 valence electrons. The van der Waals surface area contributed by atoms with E-state index in [1.165, 1.54) is 0 Å². The SMILES string of the molecule is Cc1nn(C)c(C)c1C1CC(=O)Nc2nc(N)[nH]c(=O)c21. The van der Waals surface area contributed by atoms with Gasteiger partial charge >= 0.3 is 0 Å². The number of anilines is 2. The lowest BCUT2D eigenvalue weighted by Gasteiger charge is -2.24. The van der Waals surface area contributed by atoms with Crippen molar-refractivity contribution in [3.63, 3.8) is 0 Å². The zero-order valence-corrected chi connectivity index (χ0v) is 12.0. The monoisotopic (exact) mass is 288 g/mol. The number of carbonyl (C=O) groups is 1. The molecule has 21 heavy (non-hydrogen) atoms. The molecule has 2 aromatic heterocycles. The first-order valence-corrected chi connectivity index (χ1v) is 6.58. The number of H-pyrrole nitrogens is 1. The molecule has 1 unspecified atom stereocenters. The number of aromatic amines is 1. The average Bonchev–Trinajstić information content (AvgIpc) is 2.61. The summed E-state index contributed by atoms with van der Waals surface area (Å²) in [5, 5.41) is 6.97. The second-order valence-corrected chi connectivity index (χ2v) is 5.23. The standard InChI is InChI=1S/C13H16N6O2/c1-5-9(6(2)19(3)18-5)7-4-8(20)15-11-10(7)12(21)17-13(14)16-11/h7H,4H2,1-3H3,(H4,14,15,16,17,20,21). The Morgan fingerprint density at radius 1 is 1.29 bits per heavy atom. The van der Waals surface area contributed by atoms with Crippen molar-refractivity contribution in [1.29, 1.82) is 0 Å². The summed E-state index contributed by atoms with van der Waals surface area (Å²) in [6, 6.07) is 0. The Morgan fingerprint density at radius 2 is 2.00 bits per heavy atom. The van der Waals surface area contributed by atoms with Gasteiger partial charge in [0.15, 0.2) is 0 Å². The first kappa shape index (κ1) is 13.3. The predicted octanol–water partition coefficient (Wildman–Crippen LogP) is 0.177. The van der Waals surface area contributed by atoms with E-state index >= 15 is 0 Å². The molecule has 1 aliphatic rings. The van der Waals surface area contributed by atoms with Gasteiger partial charge < -0.3 is 11.1 Å². The van der Waals surface area contributed by atoms with Gasteiger partial charge in [-0.1, -0.05) is 0 Å². The van der Waals surface area contributed by atoms with Crippen LogP contribution in [0, 0.1) is 13.8 Å². The second-order valence-electron chi connectivity index (χ2n) is 5.23. The van der Waals surface area contributed by atoms with Crippen molar-refractivity contribution in [1.82, 2.24) is 19.7 Å². The Hall–Kier alpha value is -2.64. The Bertz CT molecular complexity index is 804. The third kappa shape index (κ3) is 1.99. The van der Waals surface area contributed by atoms with Gasteiger partial charge in [-0.2, -0.15) is 10.1 Å². The topological polar surface area (TPSA) is 119 Å². The van der Waals surface area contributed by atoms with Gasteiger partial charge in [-0.25, -0.2) is 0 Å². The third-order valence-electron chi connectivity index (χ3n) is 3.88. The highest BCUT2D eigenvalue weighted by Gasteiger charge is 2.33. The van der Waals surface area contributed by atoms with Gasteiger partial charge in [0.05, 0.1) is 11.3 Å².